The zero-order valence-corrected chi connectivity index (χ0v) is 13.1. The smallest absolute Gasteiger partial charge is 0.328 e. The largest absolute Gasteiger partial charge is 0.491 e. The van der Waals surface area contributed by atoms with Crippen molar-refractivity contribution in [2.45, 2.75) is 25.8 Å². The third-order valence-corrected chi connectivity index (χ3v) is 3.03. The fraction of sp³-hybridized carbons (Fsp3) is 0.562. The molecule has 1 unspecified atom stereocenters. The number of rotatable bonds is 10. The predicted octanol–water partition coefficient (Wildman–Crippen LogP) is 2.01. The molecule has 0 radical (unpaired) electrons. The maximum absolute atomic E-state index is 11.8. The fourth-order valence-corrected chi connectivity index (χ4v) is 1.82. The van der Waals surface area contributed by atoms with Crippen LogP contribution in [0.2, 0.25) is 0 Å². The molecule has 1 N–H and O–H groups in total. The molecule has 5 nitrogen and oxygen atoms in total. The Morgan fingerprint density at radius 1 is 1.24 bits per heavy atom. The Kier molecular flexibility index (Phi) is 7.79. The number of carbonyl (C=O) groups excluding carboxylic acids is 1. The van der Waals surface area contributed by atoms with Crippen molar-refractivity contribution in [2.75, 3.05) is 33.5 Å². The number of esters is 1. The standard InChI is InChI=1S/C16H25NO4/c1-4-10-17-16(2,15(18)19-3)13-20-11-12-21-14-8-6-5-7-9-14/h5-9,17H,4,10-13H2,1-3H3. The molecule has 0 saturated heterocycles. The zero-order chi connectivity index (χ0) is 15.6. The van der Waals surface area contributed by atoms with Crippen molar-refractivity contribution in [1.29, 1.82) is 0 Å². The van der Waals surface area contributed by atoms with Gasteiger partial charge < -0.3 is 19.5 Å². The molecule has 0 amide bonds. The lowest BCUT2D eigenvalue weighted by Gasteiger charge is -2.27. The molecule has 0 saturated carbocycles. The second-order valence-corrected chi connectivity index (χ2v) is 4.96. The summed E-state index contributed by atoms with van der Waals surface area (Å²) in [6.45, 7) is 5.66. The van der Waals surface area contributed by atoms with Crippen molar-refractivity contribution >= 4 is 5.97 Å². The molecule has 0 bridgehead atoms. The minimum atomic E-state index is -0.822. The fourth-order valence-electron chi connectivity index (χ4n) is 1.82. The highest BCUT2D eigenvalue weighted by Gasteiger charge is 2.33. The van der Waals surface area contributed by atoms with Crippen molar-refractivity contribution in [1.82, 2.24) is 5.32 Å². The summed E-state index contributed by atoms with van der Waals surface area (Å²) in [4.78, 5) is 11.8. The Morgan fingerprint density at radius 3 is 2.57 bits per heavy atom. The summed E-state index contributed by atoms with van der Waals surface area (Å²) in [5, 5.41) is 3.16. The van der Waals surface area contributed by atoms with Gasteiger partial charge >= 0.3 is 5.97 Å². The second kappa shape index (κ2) is 9.37. The highest BCUT2D eigenvalue weighted by molar-refractivity contribution is 5.80. The molecule has 1 aromatic carbocycles. The van der Waals surface area contributed by atoms with Crippen LogP contribution in [0.5, 0.6) is 5.75 Å². The van der Waals surface area contributed by atoms with Crippen LogP contribution >= 0.6 is 0 Å². The molecule has 1 aromatic rings. The molecule has 0 spiro atoms. The van der Waals surface area contributed by atoms with E-state index in [2.05, 4.69) is 5.32 Å². The molecule has 0 aliphatic rings. The molecule has 0 aromatic heterocycles. The van der Waals surface area contributed by atoms with Gasteiger partial charge in [-0.15, -0.1) is 0 Å². The average Bonchev–Trinajstić information content (AvgIpc) is 2.52. The summed E-state index contributed by atoms with van der Waals surface area (Å²) in [5.41, 5.74) is -0.822. The van der Waals surface area contributed by atoms with Gasteiger partial charge in [-0.2, -0.15) is 0 Å². The Hall–Kier alpha value is -1.59. The van der Waals surface area contributed by atoms with Crippen LogP contribution in [-0.4, -0.2) is 45.0 Å². The van der Waals surface area contributed by atoms with E-state index in [4.69, 9.17) is 14.2 Å². The van der Waals surface area contributed by atoms with E-state index in [-0.39, 0.29) is 12.6 Å². The highest BCUT2D eigenvalue weighted by atomic mass is 16.5. The van der Waals surface area contributed by atoms with Crippen molar-refractivity contribution in [2.24, 2.45) is 0 Å². The number of benzene rings is 1. The van der Waals surface area contributed by atoms with E-state index in [1.807, 2.05) is 37.3 Å². The maximum atomic E-state index is 11.8. The van der Waals surface area contributed by atoms with Gasteiger partial charge in [0.2, 0.25) is 0 Å². The van der Waals surface area contributed by atoms with E-state index < -0.39 is 5.54 Å². The van der Waals surface area contributed by atoms with E-state index in [9.17, 15) is 4.79 Å². The van der Waals surface area contributed by atoms with Gasteiger partial charge in [0, 0.05) is 0 Å². The van der Waals surface area contributed by atoms with Gasteiger partial charge in [0.15, 0.2) is 0 Å². The summed E-state index contributed by atoms with van der Waals surface area (Å²) in [5.74, 6) is 0.487. The van der Waals surface area contributed by atoms with Crippen LogP contribution in [0.4, 0.5) is 0 Å². The Bertz CT molecular complexity index is 410. The van der Waals surface area contributed by atoms with Crippen LogP contribution in [0, 0.1) is 0 Å². The number of carbonyl (C=O) groups is 1. The molecule has 0 heterocycles. The van der Waals surface area contributed by atoms with E-state index in [1.165, 1.54) is 7.11 Å². The number of nitrogens with one attached hydrogen (secondary N) is 1. The quantitative estimate of drug-likeness (QED) is 0.528. The molecular weight excluding hydrogens is 270 g/mol. The molecular formula is C16H25NO4. The van der Waals surface area contributed by atoms with Crippen molar-refractivity contribution < 1.29 is 19.0 Å². The third kappa shape index (κ3) is 6.14. The lowest BCUT2D eigenvalue weighted by Crippen LogP contribution is -2.54. The van der Waals surface area contributed by atoms with Gasteiger partial charge in [0.1, 0.15) is 17.9 Å². The molecule has 5 heteroatoms. The van der Waals surface area contributed by atoms with Gasteiger partial charge in [0.25, 0.3) is 0 Å². The van der Waals surface area contributed by atoms with Crippen LogP contribution in [-0.2, 0) is 14.3 Å². The first-order valence-electron chi connectivity index (χ1n) is 7.21. The summed E-state index contributed by atoms with van der Waals surface area (Å²) >= 11 is 0. The number of hydrogen-bond acceptors (Lipinski definition) is 5. The predicted molar refractivity (Wildman–Crippen MR) is 81.5 cm³/mol. The molecule has 21 heavy (non-hydrogen) atoms. The topological polar surface area (TPSA) is 56.8 Å². The highest BCUT2D eigenvalue weighted by Crippen LogP contribution is 2.09. The average molecular weight is 295 g/mol. The van der Waals surface area contributed by atoms with E-state index >= 15 is 0 Å². The Morgan fingerprint density at radius 2 is 1.95 bits per heavy atom. The first kappa shape index (κ1) is 17.5. The molecule has 1 atom stereocenters. The normalized spacial score (nSPS) is 13.5. The number of para-hydroxylation sites is 1. The minimum Gasteiger partial charge on any atom is -0.491 e. The number of ether oxygens (including phenoxy) is 3. The molecule has 1 rings (SSSR count). The molecule has 0 aliphatic carbocycles. The van der Waals surface area contributed by atoms with Crippen molar-refractivity contribution in [3.8, 4) is 5.75 Å². The maximum Gasteiger partial charge on any atom is 0.328 e. The van der Waals surface area contributed by atoms with Crippen LogP contribution in [0.3, 0.4) is 0 Å². The zero-order valence-electron chi connectivity index (χ0n) is 13.1. The lowest BCUT2D eigenvalue weighted by atomic mass is 10.0. The first-order chi connectivity index (χ1) is 10.1. The second-order valence-electron chi connectivity index (χ2n) is 4.96. The van der Waals surface area contributed by atoms with Gasteiger partial charge in [-0.1, -0.05) is 25.1 Å². The molecule has 0 aliphatic heterocycles. The van der Waals surface area contributed by atoms with E-state index in [0.717, 1.165) is 18.7 Å². The van der Waals surface area contributed by atoms with Crippen LogP contribution < -0.4 is 10.1 Å². The SMILES string of the molecule is CCCNC(C)(COCCOc1ccccc1)C(=O)OC. The molecule has 118 valence electrons. The van der Waals surface area contributed by atoms with Gasteiger partial charge in [-0.3, -0.25) is 0 Å². The summed E-state index contributed by atoms with van der Waals surface area (Å²) in [6.07, 6.45) is 0.934. The Labute approximate surface area is 126 Å². The lowest BCUT2D eigenvalue weighted by molar-refractivity contribution is -0.150. The number of hydrogen-bond donors (Lipinski definition) is 1. The van der Waals surface area contributed by atoms with Gasteiger partial charge in [0.05, 0.1) is 20.3 Å². The molecule has 0 fully saturated rings. The first-order valence-corrected chi connectivity index (χ1v) is 7.21. The summed E-state index contributed by atoms with van der Waals surface area (Å²) < 4.78 is 15.9. The van der Waals surface area contributed by atoms with Gasteiger partial charge in [-0.05, 0) is 32.0 Å². The van der Waals surface area contributed by atoms with E-state index in [1.54, 1.807) is 6.92 Å². The third-order valence-electron chi connectivity index (χ3n) is 3.03. The van der Waals surface area contributed by atoms with Crippen molar-refractivity contribution in [3.05, 3.63) is 30.3 Å². The van der Waals surface area contributed by atoms with Crippen LogP contribution in [0.1, 0.15) is 20.3 Å². The Balaban J connectivity index is 2.31. The monoisotopic (exact) mass is 295 g/mol. The summed E-state index contributed by atoms with van der Waals surface area (Å²) in [7, 11) is 1.38. The van der Waals surface area contributed by atoms with E-state index in [0.29, 0.717) is 13.2 Å². The van der Waals surface area contributed by atoms with Crippen LogP contribution in [0.25, 0.3) is 0 Å². The van der Waals surface area contributed by atoms with Crippen LogP contribution in [0.15, 0.2) is 30.3 Å². The minimum absolute atomic E-state index is 0.248. The summed E-state index contributed by atoms with van der Waals surface area (Å²) in [6, 6.07) is 9.55. The van der Waals surface area contributed by atoms with Crippen molar-refractivity contribution in [3.63, 3.8) is 0 Å². The number of methoxy groups -OCH3 is 1. The van der Waals surface area contributed by atoms with Gasteiger partial charge in [-0.25, -0.2) is 4.79 Å².